The molecule has 5 nitrogen and oxygen atoms in total. The molecular weight excluding hydrogens is 355 g/mol. The first-order valence-electron chi connectivity index (χ1n) is 9.41. The molecule has 0 radical (unpaired) electrons. The number of carbonyl (C=O) groups is 1. The predicted molar refractivity (Wildman–Crippen MR) is 106 cm³/mol. The van der Waals surface area contributed by atoms with Crippen LogP contribution in [0.25, 0.3) is 0 Å². The number of aryl methyl sites for hydroxylation is 1. The molecule has 2 aromatic carbocycles. The van der Waals surface area contributed by atoms with Crippen LogP contribution in [0.1, 0.15) is 28.0 Å². The minimum atomic E-state index is -0.264. The summed E-state index contributed by atoms with van der Waals surface area (Å²) < 4.78 is 12.9. The molecule has 0 saturated heterocycles. The maximum absolute atomic E-state index is 12.9. The van der Waals surface area contributed by atoms with Gasteiger partial charge in [-0.2, -0.15) is 0 Å². The van der Waals surface area contributed by atoms with Crippen molar-refractivity contribution in [2.75, 3.05) is 18.0 Å². The standard InChI is InChI=1S/C22H21FN4O/c23-18-9-7-16(8-10-18)11-12-24-22(28)19-14-26-21(15-25-19)27-13-3-5-17-4-1-2-6-20(17)27/h1-2,4,6-10,14-15H,3,5,11-13H2,(H,24,28). The highest BCUT2D eigenvalue weighted by Gasteiger charge is 2.19. The van der Waals surface area contributed by atoms with Crippen LogP contribution in [-0.4, -0.2) is 29.0 Å². The van der Waals surface area contributed by atoms with Gasteiger partial charge in [0.2, 0.25) is 0 Å². The van der Waals surface area contributed by atoms with Crippen LogP contribution in [0.2, 0.25) is 0 Å². The van der Waals surface area contributed by atoms with E-state index in [9.17, 15) is 9.18 Å². The number of rotatable bonds is 5. The molecule has 0 fully saturated rings. The summed E-state index contributed by atoms with van der Waals surface area (Å²) in [4.78, 5) is 23.2. The minimum absolute atomic E-state index is 0.264. The Kier molecular flexibility index (Phi) is 5.28. The van der Waals surface area contributed by atoms with E-state index in [0.717, 1.165) is 36.5 Å². The molecule has 6 heteroatoms. The van der Waals surface area contributed by atoms with Crippen molar-refractivity contribution in [1.29, 1.82) is 0 Å². The molecule has 1 N–H and O–H groups in total. The van der Waals surface area contributed by atoms with E-state index in [0.29, 0.717) is 13.0 Å². The Morgan fingerprint density at radius 2 is 1.89 bits per heavy atom. The van der Waals surface area contributed by atoms with Crippen LogP contribution < -0.4 is 10.2 Å². The summed E-state index contributed by atoms with van der Waals surface area (Å²) in [5, 5.41) is 2.83. The number of amides is 1. The van der Waals surface area contributed by atoms with Crippen LogP contribution in [0.4, 0.5) is 15.9 Å². The van der Waals surface area contributed by atoms with E-state index in [4.69, 9.17) is 0 Å². The molecule has 0 saturated carbocycles. The molecule has 1 aliphatic rings. The number of hydrogen-bond acceptors (Lipinski definition) is 4. The molecular formula is C22H21FN4O. The zero-order valence-corrected chi connectivity index (χ0v) is 15.4. The molecule has 3 aromatic rings. The molecule has 142 valence electrons. The fourth-order valence-electron chi connectivity index (χ4n) is 3.41. The quantitative estimate of drug-likeness (QED) is 0.738. The number of para-hydroxylation sites is 1. The second kappa shape index (κ2) is 8.17. The third kappa shape index (κ3) is 4.01. The minimum Gasteiger partial charge on any atom is -0.350 e. The highest BCUT2D eigenvalue weighted by molar-refractivity contribution is 5.92. The van der Waals surface area contributed by atoms with E-state index in [1.54, 1.807) is 18.3 Å². The largest absolute Gasteiger partial charge is 0.350 e. The number of nitrogens with zero attached hydrogens (tertiary/aromatic N) is 3. The third-order valence-corrected chi connectivity index (χ3v) is 4.87. The van der Waals surface area contributed by atoms with Crippen molar-refractivity contribution in [2.24, 2.45) is 0 Å². The van der Waals surface area contributed by atoms with Gasteiger partial charge in [0, 0.05) is 18.8 Å². The molecule has 1 aromatic heterocycles. The van der Waals surface area contributed by atoms with Crippen LogP contribution in [0, 0.1) is 5.82 Å². The summed E-state index contributed by atoms with van der Waals surface area (Å²) in [5.74, 6) is 0.217. The Bertz CT molecular complexity index is 957. The number of aromatic nitrogens is 2. The Morgan fingerprint density at radius 3 is 2.68 bits per heavy atom. The van der Waals surface area contributed by atoms with Crippen molar-refractivity contribution < 1.29 is 9.18 Å². The molecule has 0 spiro atoms. The summed E-state index contributed by atoms with van der Waals surface area (Å²) in [6.07, 6.45) is 5.91. The van der Waals surface area contributed by atoms with Crippen molar-refractivity contribution in [2.45, 2.75) is 19.3 Å². The SMILES string of the molecule is O=C(NCCc1ccc(F)cc1)c1cnc(N2CCCc3ccccc32)cn1. The Labute approximate surface area is 163 Å². The highest BCUT2D eigenvalue weighted by Crippen LogP contribution is 2.31. The number of carbonyl (C=O) groups excluding carboxylic acids is 1. The summed E-state index contributed by atoms with van der Waals surface area (Å²) in [6, 6.07) is 14.6. The molecule has 2 heterocycles. The van der Waals surface area contributed by atoms with E-state index >= 15 is 0 Å². The summed E-state index contributed by atoms with van der Waals surface area (Å²) in [6.45, 7) is 1.34. The second-order valence-electron chi connectivity index (χ2n) is 6.78. The van der Waals surface area contributed by atoms with Crippen LogP contribution in [0.5, 0.6) is 0 Å². The number of hydrogen-bond donors (Lipinski definition) is 1. The van der Waals surface area contributed by atoms with Gasteiger partial charge in [0.05, 0.1) is 12.4 Å². The summed E-state index contributed by atoms with van der Waals surface area (Å²) in [7, 11) is 0. The first-order chi connectivity index (χ1) is 13.7. The maximum atomic E-state index is 12.9. The number of halogens is 1. The van der Waals surface area contributed by atoms with E-state index in [2.05, 4.69) is 32.3 Å². The molecule has 1 aliphatic heterocycles. The predicted octanol–water partition coefficient (Wildman–Crippen LogP) is 3.67. The van der Waals surface area contributed by atoms with Crippen molar-refractivity contribution >= 4 is 17.4 Å². The van der Waals surface area contributed by atoms with Crippen molar-refractivity contribution in [3.63, 3.8) is 0 Å². The van der Waals surface area contributed by atoms with Crippen LogP contribution in [0.15, 0.2) is 60.9 Å². The molecule has 0 atom stereocenters. The van der Waals surface area contributed by atoms with Gasteiger partial charge in [-0.25, -0.2) is 14.4 Å². The lowest BCUT2D eigenvalue weighted by Crippen LogP contribution is -2.28. The molecule has 1 amide bonds. The topological polar surface area (TPSA) is 58.1 Å². The van der Waals surface area contributed by atoms with Gasteiger partial charge in [-0.3, -0.25) is 4.79 Å². The normalized spacial score (nSPS) is 13.1. The van der Waals surface area contributed by atoms with Crippen molar-refractivity contribution in [1.82, 2.24) is 15.3 Å². The van der Waals surface area contributed by atoms with Gasteiger partial charge < -0.3 is 10.2 Å². The molecule has 4 rings (SSSR count). The fourth-order valence-corrected chi connectivity index (χ4v) is 3.41. The lowest BCUT2D eigenvalue weighted by atomic mass is 10.0. The summed E-state index contributed by atoms with van der Waals surface area (Å²) >= 11 is 0. The van der Waals surface area contributed by atoms with Gasteiger partial charge in [-0.1, -0.05) is 30.3 Å². The smallest absolute Gasteiger partial charge is 0.271 e. The molecule has 28 heavy (non-hydrogen) atoms. The van der Waals surface area contributed by atoms with E-state index < -0.39 is 0 Å². The maximum Gasteiger partial charge on any atom is 0.271 e. The van der Waals surface area contributed by atoms with Gasteiger partial charge in [0.1, 0.15) is 11.5 Å². The first kappa shape index (κ1) is 18.1. The van der Waals surface area contributed by atoms with Crippen LogP contribution >= 0.6 is 0 Å². The number of benzene rings is 2. The average molecular weight is 376 g/mol. The van der Waals surface area contributed by atoms with Gasteiger partial charge in [-0.05, 0) is 48.6 Å². The first-order valence-corrected chi connectivity index (χ1v) is 9.41. The summed E-state index contributed by atoms with van der Waals surface area (Å²) in [5.41, 5.74) is 3.71. The third-order valence-electron chi connectivity index (χ3n) is 4.87. The monoisotopic (exact) mass is 376 g/mol. The van der Waals surface area contributed by atoms with E-state index in [1.807, 2.05) is 12.1 Å². The Morgan fingerprint density at radius 1 is 1.07 bits per heavy atom. The van der Waals surface area contributed by atoms with Crippen molar-refractivity contribution in [3.8, 4) is 0 Å². The lowest BCUT2D eigenvalue weighted by Gasteiger charge is -2.30. The number of fused-ring (bicyclic) bond motifs is 1. The molecule has 0 bridgehead atoms. The van der Waals surface area contributed by atoms with Gasteiger partial charge in [-0.15, -0.1) is 0 Å². The van der Waals surface area contributed by atoms with E-state index in [1.165, 1.54) is 23.9 Å². The van der Waals surface area contributed by atoms with Crippen LogP contribution in [0.3, 0.4) is 0 Å². The van der Waals surface area contributed by atoms with Gasteiger partial charge in [0.25, 0.3) is 5.91 Å². The van der Waals surface area contributed by atoms with Crippen LogP contribution in [-0.2, 0) is 12.8 Å². The molecule has 0 unspecified atom stereocenters. The van der Waals surface area contributed by atoms with E-state index in [-0.39, 0.29) is 17.4 Å². The fraction of sp³-hybridized carbons (Fsp3) is 0.227. The zero-order chi connectivity index (χ0) is 19.3. The average Bonchev–Trinajstić information content (AvgIpc) is 2.75. The van der Waals surface area contributed by atoms with Gasteiger partial charge >= 0.3 is 0 Å². The zero-order valence-electron chi connectivity index (χ0n) is 15.4. The highest BCUT2D eigenvalue weighted by atomic mass is 19.1. The lowest BCUT2D eigenvalue weighted by molar-refractivity contribution is 0.0949. The van der Waals surface area contributed by atoms with Gasteiger partial charge in [0.15, 0.2) is 5.82 Å². The molecule has 0 aliphatic carbocycles. The number of anilines is 2. The Hall–Kier alpha value is -3.28. The number of nitrogens with one attached hydrogen (secondary N) is 1. The Balaban J connectivity index is 1.38. The second-order valence-corrected chi connectivity index (χ2v) is 6.78. The van der Waals surface area contributed by atoms with Crippen molar-refractivity contribution in [3.05, 3.63) is 83.6 Å².